The number of nitrogens with zero attached hydrogens (tertiary/aromatic N) is 1. The number of hydrogen-bond donors (Lipinski definition) is 0. The number of rotatable bonds is 8. The third-order valence-corrected chi connectivity index (χ3v) is 4.75. The first-order valence-electron chi connectivity index (χ1n) is 9.09. The van der Waals surface area contributed by atoms with Gasteiger partial charge in [0, 0.05) is 5.92 Å². The summed E-state index contributed by atoms with van der Waals surface area (Å²) in [6.45, 7) is 7.48. The van der Waals surface area contributed by atoms with E-state index in [2.05, 4.69) is 50.2 Å². The summed E-state index contributed by atoms with van der Waals surface area (Å²) in [6, 6.07) is 18.8. The maximum Gasteiger partial charge on any atom is 0.151 e. The van der Waals surface area contributed by atoms with Crippen LogP contribution in [-0.2, 0) is 4.84 Å². The van der Waals surface area contributed by atoms with Crippen LogP contribution in [0.4, 0.5) is 0 Å². The lowest BCUT2D eigenvalue weighted by molar-refractivity contribution is 0.106. The van der Waals surface area contributed by atoms with Gasteiger partial charge in [0.25, 0.3) is 0 Å². The van der Waals surface area contributed by atoms with Crippen molar-refractivity contribution in [2.24, 2.45) is 11.1 Å². The quantitative estimate of drug-likeness (QED) is 0.367. The fourth-order valence-corrected chi connectivity index (χ4v) is 3.08. The Morgan fingerprint density at radius 1 is 1.04 bits per heavy atom. The number of para-hydroxylation sites is 1. The van der Waals surface area contributed by atoms with Crippen LogP contribution in [0.3, 0.4) is 0 Å². The molecule has 1 fully saturated rings. The van der Waals surface area contributed by atoms with E-state index in [1.54, 1.807) is 0 Å². The van der Waals surface area contributed by atoms with Crippen molar-refractivity contribution in [3.63, 3.8) is 0 Å². The Morgan fingerprint density at radius 3 is 2.44 bits per heavy atom. The maximum absolute atomic E-state index is 5.59. The van der Waals surface area contributed by atoms with Crippen LogP contribution in [-0.4, -0.2) is 18.9 Å². The van der Waals surface area contributed by atoms with Crippen molar-refractivity contribution in [2.75, 3.05) is 13.2 Å². The number of hydrogen-bond acceptors (Lipinski definition) is 3. The first-order chi connectivity index (χ1) is 12.1. The molecule has 0 bridgehead atoms. The summed E-state index contributed by atoms with van der Waals surface area (Å²) >= 11 is 0. The van der Waals surface area contributed by atoms with Crippen molar-refractivity contribution < 1.29 is 9.57 Å². The SMILES string of the molecule is CC(=NOCCOc1ccccc1)C1CC1c1ccc(C(C)C)cc1. The molecule has 0 saturated heterocycles. The highest BCUT2D eigenvalue weighted by Crippen LogP contribution is 2.48. The molecule has 3 heteroatoms. The molecule has 2 unspecified atom stereocenters. The summed E-state index contributed by atoms with van der Waals surface area (Å²) in [7, 11) is 0. The molecule has 0 N–H and O–H groups in total. The predicted octanol–water partition coefficient (Wildman–Crippen LogP) is 5.39. The topological polar surface area (TPSA) is 30.8 Å². The molecule has 25 heavy (non-hydrogen) atoms. The Bertz CT molecular complexity index is 692. The highest BCUT2D eigenvalue weighted by atomic mass is 16.6. The molecular weight excluding hydrogens is 310 g/mol. The second-order valence-corrected chi connectivity index (χ2v) is 7.00. The van der Waals surface area contributed by atoms with Crippen LogP contribution in [0, 0.1) is 5.92 Å². The van der Waals surface area contributed by atoms with Crippen LogP contribution >= 0.6 is 0 Å². The molecule has 0 spiro atoms. The van der Waals surface area contributed by atoms with Crippen LogP contribution in [0.1, 0.15) is 50.2 Å². The van der Waals surface area contributed by atoms with E-state index in [1.165, 1.54) is 17.5 Å². The highest BCUT2D eigenvalue weighted by molar-refractivity contribution is 5.87. The van der Waals surface area contributed by atoms with Gasteiger partial charge in [0.05, 0.1) is 5.71 Å². The zero-order valence-corrected chi connectivity index (χ0v) is 15.3. The van der Waals surface area contributed by atoms with Gasteiger partial charge in [0.15, 0.2) is 6.61 Å². The van der Waals surface area contributed by atoms with E-state index >= 15 is 0 Å². The van der Waals surface area contributed by atoms with E-state index < -0.39 is 0 Å². The molecule has 2 aromatic rings. The molecule has 0 radical (unpaired) electrons. The Kier molecular flexibility index (Phi) is 5.75. The Labute approximate surface area is 150 Å². The van der Waals surface area contributed by atoms with E-state index in [1.807, 2.05) is 30.3 Å². The van der Waals surface area contributed by atoms with Gasteiger partial charge in [-0.05, 0) is 48.4 Å². The molecular formula is C22H27NO2. The van der Waals surface area contributed by atoms with Crippen molar-refractivity contribution >= 4 is 5.71 Å². The van der Waals surface area contributed by atoms with Gasteiger partial charge in [0.1, 0.15) is 12.4 Å². The van der Waals surface area contributed by atoms with Crippen molar-refractivity contribution in [1.82, 2.24) is 0 Å². The lowest BCUT2D eigenvalue weighted by atomic mass is 9.99. The van der Waals surface area contributed by atoms with Crippen LogP contribution in [0.25, 0.3) is 0 Å². The number of ether oxygens (including phenoxy) is 1. The zero-order chi connectivity index (χ0) is 17.6. The molecule has 1 saturated carbocycles. The Hall–Kier alpha value is -2.29. The molecule has 0 amide bonds. The van der Waals surface area contributed by atoms with Crippen molar-refractivity contribution in [2.45, 2.75) is 39.0 Å². The molecule has 2 atom stereocenters. The molecule has 0 aromatic heterocycles. The third-order valence-electron chi connectivity index (χ3n) is 4.75. The molecule has 0 aliphatic heterocycles. The van der Waals surface area contributed by atoms with E-state index in [0.29, 0.717) is 31.0 Å². The van der Waals surface area contributed by atoms with Crippen LogP contribution in [0.15, 0.2) is 59.8 Å². The van der Waals surface area contributed by atoms with Crippen molar-refractivity contribution in [3.05, 3.63) is 65.7 Å². The predicted molar refractivity (Wildman–Crippen MR) is 102 cm³/mol. The molecule has 3 nitrogen and oxygen atoms in total. The summed E-state index contributed by atoms with van der Waals surface area (Å²) < 4.78 is 5.59. The van der Waals surface area contributed by atoms with E-state index in [4.69, 9.17) is 9.57 Å². The minimum absolute atomic E-state index is 0.465. The van der Waals surface area contributed by atoms with Crippen molar-refractivity contribution in [3.8, 4) is 5.75 Å². The first kappa shape index (κ1) is 17.5. The van der Waals surface area contributed by atoms with Crippen LogP contribution in [0.2, 0.25) is 0 Å². The second kappa shape index (κ2) is 8.19. The summed E-state index contributed by atoms with van der Waals surface area (Å²) in [4.78, 5) is 5.42. The van der Waals surface area contributed by atoms with Gasteiger partial charge in [0.2, 0.25) is 0 Å². The van der Waals surface area contributed by atoms with Gasteiger partial charge >= 0.3 is 0 Å². The van der Waals surface area contributed by atoms with Crippen molar-refractivity contribution in [1.29, 1.82) is 0 Å². The van der Waals surface area contributed by atoms with E-state index in [9.17, 15) is 0 Å². The fourth-order valence-electron chi connectivity index (χ4n) is 3.08. The van der Waals surface area contributed by atoms with Gasteiger partial charge in [-0.3, -0.25) is 0 Å². The number of benzene rings is 2. The van der Waals surface area contributed by atoms with Crippen LogP contribution < -0.4 is 4.74 Å². The van der Waals surface area contributed by atoms with E-state index in [0.717, 1.165) is 11.5 Å². The van der Waals surface area contributed by atoms with Gasteiger partial charge in [-0.2, -0.15) is 0 Å². The molecule has 1 aliphatic rings. The monoisotopic (exact) mass is 337 g/mol. The Balaban J connectivity index is 1.41. The minimum atomic E-state index is 0.465. The number of oxime groups is 1. The molecule has 3 rings (SSSR count). The summed E-state index contributed by atoms with van der Waals surface area (Å²) in [5.74, 6) is 2.55. The molecule has 1 aliphatic carbocycles. The van der Waals surface area contributed by atoms with Crippen LogP contribution in [0.5, 0.6) is 5.75 Å². The van der Waals surface area contributed by atoms with Gasteiger partial charge in [-0.25, -0.2) is 0 Å². The zero-order valence-electron chi connectivity index (χ0n) is 15.3. The molecule has 132 valence electrons. The highest BCUT2D eigenvalue weighted by Gasteiger charge is 2.40. The summed E-state index contributed by atoms with van der Waals surface area (Å²) in [5.41, 5.74) is 3.89. The average molecular weight is 337 g/mol. The lowest BCUT2D eigenvalue weighted by Gasteiger charge is -2.07. The largest absolute Gasteiger partial charge is 0.490 e. The standard InChI is InChI=1S/C22H27NO2/c1-16(2)18-9-11-19(12-10-18)22-15-21(22)17(3)23-25-14-13-24-20-7-5-4-6-8-20/h4-12,16,21-22H,13-15H2,1-3H3. The smallest absolute Gasteiger partial charge is 0.151 e. The van der Waals surface area contributed by atoms with Gasteiger partial charge in [-0.15, -0.1) is 0 Å². The van der Waals surface area contributed by atoms with Gasteiger partial charge in [-0.1, -0.05) is 61.5 Å². The third kappa shape index (κ3) is 4.85. The normalized spacial score (nSPS) is 19.8. The molecule has 0 heterocycles. The average Bonchev–Trinajstić information content (AvgIpc) is 3.43. The minimum Gasteiger partial charge on any atom is -0.490 e. The summed E-state index contributed by atoms with van der Waals surface area (Å²) in [6.07, 6.45) is 1.17. The maximum atomic E-state index is 5.59. The molecule has 2 aromatic carbocycles. The summed E-state index contributed by atoms with van der Waals surface area (Å²) in [5, 5.41) is 4.28. The lowest BCUT2D eigenvalue weighted by Crippen LogP contribution is -2.06. The fraction of sp³-hybridized carbons (Fsp3) is 0.409. The second-order valence-electron chi connectivity index (χ2n) is 7.00. The first-order valence-corrected chi connectivity index (χ1v) is 9.09. The Morgan fingerprint density at radius 2 is 1.76 bits per heavy atom. The van der Waals surface area contributed by atoms with E-state index in [-0.39, 0.29) is 0 Å². The van der Waals surface area contributed by atoms with Gasteiger partial charge < -0.3 is 9.57 Å².